The number of carbonyl (C=O) groups excluding carboxylic acids is 1. The largest absolute Gasteiger partial charge is 0.454 e. The molecule has 1 atom stereocenters. The van der Waals surface area contributed by atoms with Gasteiger partial charge in [-0.2, -0.15) is 13.2 Å². The number of nitrogens with zero attached hydrogens (tertiary/aromatic N) is 3. The maximum atomic E-state index is 13.4. The van der Waals surface area contributed by atoms with Crippen molar-refractivity contribution in [3.8, 4) is 11.5 Å². The Morgan fingerprint density at radius 2 is 1.94 bits per heavy atom. The van der Waals surface area contributed by atoms with E-state index in [0.717, 1.165) is 28.1 Å². The van der Waals surface area contributed by atoms with E-state index in [-0.39, 0.29) is 23.4 Å². The van der Waals surface area contributed by atoms with E-state index < -0.39 is 11.7 Å². The van der Waals surface area contributed by atoms with E-state index >= 15 is 0 Å². The number of ether oxygens (including phenoxy) is 1. The summed E-state index contributed by atoms with van der Waals surface area (Å²) in [4.78, 5) is 22.5. The molecular formula is C26H24F3N3O2S. The number of alkyl halides is 3. The number of aliphatic imine (C=N–C) groups is 1. The SMILES string of the molecule is Cc1ccc2c(c1)C(N1CCN(C(=O)Cc3cccs3)C(C)C1)=Nc1cc(C(F)(F)F)ccc1O2. The number of rotatable bonds is 2. The van der Waals surface area contributed by atoms with E-state index in [0.29, 0.717) is 37.6 Å². The molecule has 1 saturated heterocycles. The van der Waals surface area contributed by atoms with E-state index in [4.69, 9.17) is 9.73 Å². The van der Waals surface area contributed by atoms with Crippen LogP contribution in [0.2, 0.25) is 0 Å². The van der Waals surface area contributed by atoms with Gasteiger partial charge in [-0.25, -0.2) is 4.99 Å². The number of aryl methyl sites for hydroxylation is 1. The molecular weight excluding hydrogens is 475 g/mol. The summed E-state index contributed by atoms with van der Waals surface area (Å²) >= 11 is 1.56. The van der Waals surface area contributed by atoms with E-state index in [1.165, 1.54) is 6.07 Å². The highest BCUT2D eigenvalue weighted by atomic mass is 32.1. The van der Waals surface area contributed by atoms with Gasteiger partial charge >= 0.3 is 6.18 Å². The standard InChI is InChI=1S/C26H24F3N3O2S/c1-16-5-7-22-20(12-16)25(30-21-13-18(26(27,28)29)6-8-23(21)34-22)31-9-10-32(17(2)15-31)24(33)14-19-4-3-11-35-19/h3-8,11-13,17H,9-10,14-15H2,1-2H3. The fourth-order valence-corrected chi connectivity index (χ4v) is 5.19. The number of benzene rings is 2. The average molecular weight is 500 g/mol. The predicted molar refractivity (Wildman–Crippen MR) is 130 cm³/mol. The lowest BCUT2D eigenvalue weighted by molar-refractivity contribution is -0.137. The van der Waals surface area contributed by atoms with Crippen LogP contribution in [-0.2, 0) is 17.4 Å². The van der Waals surface area contributed by atoms with Gasteiger partial charge in [-0.15, -0.1) is 11.3 Å². The predicted octanol–water partition coefficient (Wildman–Crippen LogP) is 6.03. The van der Waals surface area contributed by atoms with Crippen molar-refractivity contribution in [3.05, 3.63) is 75.5 Å². The molecule has 1 amide bonds. The van der Waals surface area contributed by atoms with Crippen LogP contribution >= 0.6 is 11.3 Å². The van der Waals surface area contributed by atoms with Gasteiger partial charge in [0, 0.05) is 30.6 Å². The van der Waals surface area contributed by atoms with Crippen LogP contribution in [0.1, 0.15) is 28.5 Å². The Bertz CT molecular complexity index is 1290. The first-order valence-corrected chi connectivity index (χ1v) is 12.2. The van der Waals surface area contributed by atoms with Crippen molar-refractivity contribution < 1.29 is 22.7 Å². The summed E-state index contributed by atoms with van der Waals surface area (Å²) in [6, 6.07) is 12.8. The molecule has 9 heteroatoms. The number of fused-ring (bicyclic) bond motifs is 2. The Morgan fingerprint density at radius 1 is 1.14 bits per heavy atom. The lowest BCUT2D eigenvalue weighted by Crippen LogP contribution is -2.55. The molecule has 0 aliphatic carbocycles. The third-order valence-electron chi connectivity index (χ3n) is 6.26. The van der Waals surface area contributed by atoms with Gasteiger partial charge in [-0.05, 0) is 55.6 Å². The molecule has 3 heterocycles. The Balaban J connectivity index is 1.47. The second-order valence-electron chi connectivity index (χ2n) is 8.86. The zero-order valence-electron chi connectivity index (χ0n) is 19.3. The second-order valence-corrected chi connectivity index (χ2v) is 9.89. The smallest absolute Gasteiger partial charge is 0.416 e. The molecule has 2 aliphatic heterocycles. The molecule has 0 spiro atoms. The summed E-state index contributed by atoms with van der Waals surface area (Å²) in [5.41, 5.74) is 1.06. The number of piperazine rings is 1. The number of amides is 1. The number of halogens is 3. The van der Waals surface area contributed by atoms with Gasteiger partial charge in [-0.1, -0.05) is 17.7 Å². The van der Waals surface area contributed by atoms with Gasteiger partial charge in [-0.3, -0.25) is 4.79 Å². The van der Waals surface area contributed by atoms with Crippen LogP contribution in [0.5, 0.6) is 11.5 Å². The monoisotopic (exact) mass is 499 g/mol. The summed E-state index contributed by atoms with van der Waals surface area (Å²) < 4.78 is 46.2. The molecule has 1 fully saturated rings. The Labute approximate surface area is 205 Å². The fourth-order valence-electron chi connectivity index (χ4n) is 4.49. The van der Waals surface area contributed by atoms with Crippen LogP contribution in [0.25, 0.3) is 0 Å². The first kappa shape index (κ1) is 23.4. The maximum Gasteiger partial charge on any atom is 0.416 e. The normalized spacial score (nSPS) is 17.7. The highest BCUT2D eigenvalue weighted by molar-refractivity contribution is 7.10. The minimum absolute atomic E-state index is 0.0714. The van der Waals surface area contributed by atoms with E-state index in [9.17, 15) is 18.0 Å². The molecule has 0 saturated carbocycles. The van der Waals surface area contributed by atoms with Crippen molar-refractivity contribution in [2.45, 2.75) is 32.5 Å². The molecule has 0 radical (unpaired) electrons. The first-order chi connectivity index (χ1) is 16.7. The molecule has 1 unspecified atom stereocenters. The number of carbonyl (C=O) groups is 1. The van der Waals surface area contributed by atoms with Crippen LogP contribution in [0, 0.1) is 6.92 Å². The molecule has 182 valence electrons. The molecule has 2 aliphatic rings. The van der Waals surface area contributed by atoms with E-state index in [2.05, 4.69) is 0 Å². The van der Waals surface area contributed by atoms with Crippen LogP contribution in [0.15, 0.2) is 58.9 Å². The summed E-state index contributed by atoms with van der Waals surface area (Å²) in [6.45, 7) is 5.46. The van der Waals surface area contributed by atoms with Crippen LogP contribution < -0.4 is 4.74 Å². The average Bonchev–Trinajstić information content (AvgIpc) is 3.25. The van der Waals surface area contributed by atoms with Crippen molar-refractivity contribution in [1.82, 2.24) is 9.80 Å². The molecule has 3 aromatic rings. The maximum absolute atomic E-state index is 13.4. The van der Waals surface area contributed by atoms with Crippen LogP contribution in [0.3, 0.4) is 0 Å². The van der Waals surface area contributed by atoms with Gasteiger partial charge in [0.25, 0.3) is 0 Å². The van der Waals surface area contributed by atoms with Crippen molar-refractivity contribution in [2.24, 2.45) is 4.99 Å². The molecule has 0 N–H and O–H groups in total. The van der Waals surface area contributed by atoms with E-state index in [1.807, 2.05) is 59.4 Å². The number of thiophene rings is 1. The third-order valence-corrected chi connectivity index (χ3v) is 7.14. The van der Waals surface area contributed by atoms with Gasteiger partial charge in [0.2, 0.25) is 5.91 Å². The van der Waals surface area contributed by atoms with Crippen molar-refractivity contribution in [3.63, 3.8) is 0 Å². The molecule has 5 rings (SSSR count). The molecule has 2 aromatic carbocycles. The van der Waals surface area contributed by atoms with Crippen molar-refractivity contribution >= 4 is 28.8 Å². The van der Waals surface area contributed by atoms with Crippen LogP contribution in [-0.4, -0.2) is 47.2 Å². The number of hydrogen-bond acceptors (Lipinski definition) is 5. The highest BCUT2D eigenvalue weighted by Gasteiger charge is 2.34. The Kier molecular flexibility index (Phi) is 6.04. The van der Waals surface area contributed by atoms with Crippen molar-refractivity contribution in [1.29, 1.82) is 0 Å². The zero-order valence-corrected chi connectivity index (χ0v) is 20.1. The molecule has 1 aromatic heterocycles. The minimum Gasteiger partial charge on any atom is -0.454 e. The minimum atomic E-state index is -4.48. The lowest BCUT2D eigenvalue weighted by atomic mass is 10.1. The van der Waals surface area contributed by atoms with Crippen LogP contribution in [0.4, 0.5) is 18.9 Å². The second kappa shape index (κ2) is 9.03. The van der Waals surface area contributed by atoms with Gasteiger partial charge in [0.15, 0.2) is 5.75 Å². The Hall–Kier alpha value is -3.33. The number of hydrogen-bond donors (Lipinski definition) is 0. The van der Waals surface area contributed by atoms with Gasteiger partial charge in [0.05, 0.1) is 17.5 Å². The van der Waals surface area contributed by atoms with Crippen molar-refractivity contribution in [2.75, 3.05) is 19.6 Å². The molecule has 5 nitrogen and oxygen atoms in total. The summed E-state index contributed by atoms with van der Waals surface area (Å²) in [7, 11) is 0. The summed E-state index contributed by atoms with van der Waals surface area (Å²) in [5.74, 6) is 1.44. The molecule has 35 heavy (non-hydrogen) atoms. The quantitative estimate of drug-likeness (QED) is 0.432. The fraction of sp³-hybridized carbons (Fsp3) is 0.308. The van der Waals surface area contributed by atoms with Gasteiger partial charge < -0.3 is 14.5 Å². The summed E-state index contributed by atoms with van der Waals surface area (Å²) in [6.07, 6.45) is -4.12. The topological polar surface area (TPSA) is 45.1 Å². The lowest BCUT2D eigenvalue weighted by Gasteiger charge is -2.41. The zero-order chi connectivity index (χ0) is 24.7. The first-order valence-electron chi connectivity index (χ1n) is 11.3. The third kappa shape index (κ3) is 4.77. The Morgan fingerprint density at radius 3 is 2.66 bits per heavy atom. The molecule has 0 bridgehead atoms. The number of amidine groups is 1. The highest BCUT2D eigenvalue weighted by Crippen LogP contribution is 2.42. The summed E-state index contributed by atoms with van der Waals surface area (Å²) in [5, 5.41) is 1.96. The van der Waals surface area contributed by atoms with E-state index in [1.54, 1.807) is 11.3 Å². The van der Waals surface area contributed by atoms with Gasteiger partial charge in [0.1, 0.15) is 17.3 Å².